The van der Waals surface area contributed by atoms with Gasteiger partial charge in [-0.3, -0.25) is 4.79 Å². The van der Waals surface area contributed by atoms with Gasteiger partial charge in [-0.15, -0.1) is 0 Å². The Kier molecular flexibility index (Phi) is 6.59. The molecule has 6 nitrogen and oxygen atoms in total. The molecule has 1 amide bonds. The molecule has 0 saturated carbocycles. The molecule has 0 unspecified atom stereocenters. The lowest BCUT2D eigenvalue weighted by atomic mass is 10.2. The van der Waals surface area contributed by atoms with Crippen molar-refractivity contribution in [1.82, 2.24) is 0 Å². The summed E-state index contributed by atoms with van der Waals surface area (Å²) in [6.07, 6.45) is 3.03. The minimum absolute atomic E-state index is 0.336. The van der Waals surface area contributed by atoms with Gasteiger partial charge in [0.05, 0.1) is 7.11 Å². The average molecular weight is 406 g/mol. The highest BCUT2D eigenvalue weighted by molar-refractivity contribution is 9.10. The minimum Gasteiger partial charge on any atom is -0.496 e. The molecule has 0 radical (unpaired) electrons. The van der Waals surface area contributed by atoms with Crippen LogP contribution in [0.4, 0.5) is 5.69 Å². The largest absolute Gasteiger partial charge is 0.496 e. The highest BCUT2D eigenvalue weighted by Gasteiger charge is 2.04. The Morgan fingerprint density at radius 1 is 1.24 bits per heavy atom. The molecule has 0 fully saturated rings. The van der Waals surface area contributed by atoms with E-state index in [-0.39, 0.29) is 5.91 Å². The van der Waals surface area contributed by atoms with Gasteiger partial charge in [0.1, 0.15) is 11.5 Å². The number of anilines is 1. The van der Waals surface area contributed by atoms with Crippen molar-refractivity contribution in [3.8, 4) is 11.5 Å². The lowest BCUT2D eigenvalue weighted by Crippen LogP contribution is -2.10. The summed E-state index contributed by atoms with van der Waals surface area (Å²) in [5.41, 5.74) is 1.25. The van der Waals surface area contributed by atoms with E-state index in [9.17, 15) is 9.59 Å². The molecule has 0 saturated heterocycles. The molecule has 0 aromatic heterocycles. The van der Waals surface area contributed by atoms with Gasteiger partial charge in [0.25, 0.3) is 0 Å². The summed E-state index contributed by atoms with van der Waals surface area (Å²) in [6.45, 7) is -0.444. The van der Waals surface area contributed by atoms with Crippen LogP contribution in [0, 0.1) is 0 Å². The summed E-state index contributed by atoms with van der Waals surface area (Å²) < 4.78 is 11.2. The second kappa shape index (κ2) is 8.89. The third-order valence-corrected chi connectivity index (χ3v) is 3.56. The second-order valence-corrected chi connectivity index (χ2v) is 5.83. The molecule has 0 spiro atoms. The normalized spacial score (nSPS) is 10.5. The first-order valence-electron chi connectivity index (χ1n) is 7.25. The van der Waals surface area contributed by atoms with E-state index in [4.69, 9.17) is 14.6 Å². The Labute approximate surface area is 153 Å². The van der Waals surface area contributed by atoms with Crippen molar-refractivity contribution >= 4 is 39.6 Å². The number of carbonyl (C=O) groups is 2. The van der Waals surface area contributed by atoms with Crippen molar-refractivity contribution in [2.75, 3.05) is 19.0 Å². The van der Waals surface area contributed by atoms with Gasteiger partial charge in [0, 0.05) is 27.9 Å². The number of carboxylic acid groups (broad SMARTS) is 1. The van der Waals surface area contributed by atoms with Gasteiger partial charge in [-0.2, -0.15) is 0 Å². The van der Waals surface area contributed by atoms with Crippen LogP contribution in [0.5, 0.6) is 11.5 Å². The zero-order chi connectivity index (χ0) is 18.2. The molecule has 0 atom stereocenters. The Hall–Kier alpha value is -2.80. The number of carboxylic acids is 1. The molecular weight excluding hydrogens is 390 g/mol. The first kappa shape index (κ1) is 18.5. The number of amides is 1. The summed E-state index contributed by atoms with van der Waals surface area (Å²) in [5.74, 6) is -0.396. The molecule has 25 heavy (non-hydrogen) atoms. The van der Waals surface area contributed by atoms with Gasteiger partial charge in [0.15, 0.2) is 6.61 Å². The highest BCUT2D eigenvalue weighted by atomic mass is 79.9. The molecule has 0 aliphatic heterocycles. The Balaban J connectivity index is 2.04. The topological polar surface area (TPSA) is 84.9 Å². The van der Waals surface area contributed by atoms with Crippen LogP contribution in [0.1, 0.15) is 5.56 Å². The number of nitrogens with one attached hydrogen (secondary N) is 1. The fourth-order valence-electron chi connectivity index (χ4n) is 1.99. The van der Waals surface area contributed by atoms with Crippen molar-refractivity contribution in [3.63, 3.8) is 0 Å². The van der Waals surface area contributed by atoms with E-state index in [0.717, 1.165) is 10.0 Å². The fraction of sp³-hybridized carbons (Fsp3) is 0.111. The van der Waals surface area contributed by atoms with E-state index >= 15 is 0 Å². The number of hydrogen-bond acceptors (Lipinski definition) is 4. The zero-order valence-electron chi connectivity index (χ0n) is 13.4. The smallest absolute Gasteiger partial charge is 0.341 e. The number of benzene rings is 2. The van der Waals surface area contributed by atoms with E-state index in [0.29, 0.717) is 17.2 Å². The van der Waals surface area contributed by atoms with Crippen molar-refractivity contribution in [1.29, 1.82) is 0 Å². The van der Waals surface area contributed by atoms with Gasteiger partial charge in [-0.05, 0) is 36.4 Å². The first-order valence-corrected chi connectivity index (χ1v) is 8.04. The van der Waals surface area contributed by atoms with Gasteiger partial charge < -0.3 is 19.9 Å². The monoisotopic (exact) mass is 405 g/mol. The predicted molar refractivity (Wildman–Crippen MR) is 97.9 cm³/mol. The van der Waals surface area contributed by atoms with Crippen LogP contribution in [0.3, 0.4) is 0 Å². The van der Waals surface area contributed by atoms with Crippen LogP contribution in [-0.2, 0) is 9.59 Å². The molecule has 0 heterocycles. The third kappa shape index (κ3) is 5.96. The molecular formula is C18H16BrNO5. The second-order valence-electron chi connectivity index (χ2n) is 4.92. The molecule has 2 rings (SSSR count). The minimum atomic E-state index is -1.07. The van der Waals surface area contributed by atoms with Crippen LogP contribution < -0.4 is 14.8 Å². The SMILES string of the molecule is COc1ccc(Br)cc1/C=C/C(=O)Nc1cccc(OCC(=O)O)c1. The molecule has 0 aliphatic carbocycles. The van der Waals surface area contributed by atoms with Crippen molar-refractivity contribution in [2.45, 2.75) is 0 Å². The number of halogens is 1. The molecule has 130 valence electrons. The maximum absolute atomic E-state index is 12.1. The van der Waals surface area contributed by atoms with E-state index in [1.807, 2.05) is 12.1 Å². The van der Waals surface area contributed by atoms with E-state index in [1.54, 1.807) is 43.5 Å². The first-order chi connectivity index (χ1) is 12.0. The van der Waals surface area contributed by atoms with E-state index in [2.05, 4.69) is 21.2 Å². The number of hydrogen-bond donors (Lipinski definition) is 2. The molecule has 2 aromatic carbocycles. The molecule has 2 N–H and O–H groups in total. The lowest BCUT2D eigenvalue weighted by Gasteiger charge is -2.07. The zero-order valence-corrected chi connectivity index (χ0v) is 14.9. The summed E-state index contributed by atoms with van der Waals surface area (Å²) in [5, 5.41) is 11.3. The van der Waals surface area contributed by atoms with E-state index < -0.39 is 12.6 Å². The van der Waals surface area contributed by atoms with E-state index in [1.165, 1.54) is 6.08 Å². The maximum atomic E-state index is 12.1. The fourth-order valence-corrected chi connectivity index (χ4v) is 2.37. The number of ether oxygens (including phenoxy) is 2. The number of aliphatic carboxylic acids is 1. The van der Waals surface area contributed by atoms with Crippen LogP contribution in [0.15, 0.2) is 53.0 Å². The molecule has 0 bridgehead atoms. The van der Waals surface area contributed by atoms with Crippen LogP contribution >= 0.6 is 15.9 Å². The van der Waals surface area contributed by atoms with Crippen LogP contribution in [-0.4, -0.2) is 30.7 Å². The average Bonchev–Trinajstić information content (AvgIpc) is 2.58. The number of methoxy groups -OCH3 is 1. The predicted octanol–water partition coefficient (Wildman–Crippen LogP) is 3.57. The van der Waals surface area contributed by atoms with Crippen LogP contribution in [0.25, 0.3) is 6.08 Å². The molecule has 2 aromatic rings. The van der Waals surface area contributed by atoms with Crippen molar-refractivity contribution in [2.24, 2.45) is 0 Å². The maximum Gasteiger partial charge on any atom is 0.341 e. The highest BCUT2D eigenvalue weighted by Crippen LogP contribution is 2.24. The summed E-state index contributed by atoms with van der Waals surface area (Å²) in [7, 11) is 1.56. The van der Waals surface area contributed by atoms with Gasteiger partial charge in [-0.25, -0.2) is 4.79 Å². The summed E-state index contributed by atoms with van der Waals surface area (Å²) in [6, 6.07) is 12.0. The van der Waals surface area contributed by atoms with Gasteiger partial charge in [-0.1, -0.05) is 22.0 Å². The molecule has 7 heteroatoms. The van der Waals surface area contributed by atoms with Crippen LogP contribution in [0.2, 0.25) is 0 Å². The Morgan fingerprint density at radius 2 is 2.04 bits per heavy atom. The standard InChI is InChI=1S/C18H16BrNO5/c1-24-16-7-6-13(19)9-12(16)5-8-17(21)20-14-3-2-4-15(10-14)25-11-18(22)23/h2-10H,11H2,1H3,(H,20,21)(H,22,23)/b8-5+. The number of carbonyl (C=O) groups excluding carboxylic acids is 1. The van der Waals surface area contributed by atoms with Crippen molar-refractivity contribution in [3.05, 3.63) is 58.6 Å². The third-order valence-electron chi connectivity index (χ3n) is 3.07. The molecule has 0 aliphatic rings. The van der Waals surface area contributed by atoms with Gasteiger partial charge in [0.2, 0.25) is 5.91 Å². The summed E-state index contributed by atoms with van der Waals surface area (Å²) >= 11 is 3.37. The lowest BCUT2D eigenvalue weighted by molar-refractivity contribution is -0.139. The van der Waals surface area contributed by atoms with Crippen molar-refractivity contribution < 1.29 is 24.2 Å². The summed E-state index contributed by atoms with van der Waals surface area (Å²) in [4.78, 5) is 22.6. The van der Waals surface area contributed by atoms with Gasteiger partial charge >= 0.3 is 5.97 Å². The quantitative estimate of drug-likeness (QED) is 0.687. The Morgan fingerprint density at radius 3 is 2.76 bits per heavy atom. The Bertz CT molecular complexity index is 804. The number of rotatable bonds is 7.